The lowest BCUT2D eigenvalue weighted by Gasteiger charge is -2.10. The molecule has 2 rings (SSSR count). The number of nitrogens with one attached hydrogen (secondary N) is 1. The van der Waals surface area contributed by atoms with Gasteiger partial charge in [-0.1, -0.05) is 6.08 Å². The van der Waals surface area contributed by atoms with Gasteiger partial charge in [0.05, 0.1) is 12.9 Å². The summed E-state index contributed by atoms with van der Waals surface area (Å²) in [4.78, 5) is 4.00. The smallest absolute Gasteiger partial charge is 0.213 e. The first-order valence-corrected chi connectivity index (χ1v) is 6.94. The van der Waals surface area contributed by atoms with Crippen molar-refractivity contribution in [3.63, 3.8) is 0 Å². The summed E-state index contributed by atoms with van der Waals surface area (Å²) in [5, 5.41) is 4.42. The summed E-state index contributed by atoms with van der Waals surface area (Å²) in [6.45, 7) is 0.587. The zero-order chi connectivity index (χ0) is 12.3. The van der Waals surface area contributed by atoms with E-state index in [0.29, 0.717) is 12.4 Å². The molecule has 0 aromatic carbocycles. The molecule has 1 aliphatic heterocycles. The van der Waals surface area contributed by atoms with E-state index in [2.05, 4.69) is 10.3 Å². The average molecular weight is 254 g/mol. The predicted molar refractivity (Wildman–Crippen MR) is 64.3 cm³/mol. The van der Waals surface area contributed by atoms with Crippen LogP contribution in [-0.2, 0) is 16.4 Å². The number of hydrogen-bond donors (Lipinski definition) is 1. The predicted octanol–water partition coefficient (Wildman–Crippen LogP) is 0.490. The molecule has 1 atom stereocenters. The van der Waals surface area contributed by atoms with E-state index in [0.717, 1.165) is 5.56 Å². The molecule has 2 heterocycles. The van der Waals surface area contributed by atoms with Crippen LogP contribution in [0.2, 0.25) is 0 Å². The van der Waals surface area contributed by atoms with Gasteiger partial charge in [-0.15, -0.1) is 0 Å². The van der Waals surface area contributed by atoms with Gasteiger partial charge in [-0.25, -0.2) is 13.4 Å². The second-order valence-corrected chi connectivity index (χ2v) is 5.78. The molecule has 0 aliphatic carbocycles. The van der Waals surface area contributed by atoms with Crippen molar-refractivity contribution < 1.29 is 13.2 Å². The van der Waals surface area contributed by atoms with Crippen molar-refractivity contribution in [2.24, 2.45) is 0 Å². The fraction of sp³-hybridized carbons (Fsp3) is 0.364. The minimum absolute atomic E-state index is 0.112. The zero-order valence-corrected chi connectivity index (χ0v) is 10.3. The number of nitrogens with zero attached hydrogens (tertiary/aromatic N) is 1. The summed E-state index contributed by atoms with van der Waals surface area (Å²) >= 11 is 0. The lowest BCUT2D eigenvalue weighted by atomic mass is 10.2. The monoisotopic (exact) mass is 254 g/mol. The quantitative estimate of drug-likeness (QED) is 0.847. The maximum atomic E-state index is 11.2. The van der Waals surface area contributed by atoms with Gasteiger partial charge in [-0.05, 0) is 11.6 Å². The van der Waals surface area contributed by atoms with Gasteiger partial charge in [0.1, 0.15) is 0 Å². The van der Waals surface area contributed by atoms with E-state index in [4.69, 9.17) is 4.74 Å². The molecule has 1 N–H and O–H groups in total. The molecule has 0 unspecified atom stereocenters. The summed E-state index contributed by atoms with van der Waals surface area (Å²) in [5.74, 6) is 0.689. The Balaban J connectivity index is 1.92. The summed E-state index contributed by atoms with van der Waals surface area (Å²) < 4.78 is 27.4. The first-order valence-electron chi connectivity index (χ1n) is 5.22. The fourth-order valence-electron chi connectivity index (χ4n) is 1.62. The Hall–Kier alpha value is -1.40. The van der Waals surface area contributed by atoms with E-state index in [-0.39, 0.29) is 11.8 Å². The number of sulfone groups is 1. The highest BCUT2D eigenvalue weighted by molar-refractivity contribution is 7.94. The van der Waals surface area contributed by atoms with Gasteiger partial charge in [0.15, 0.2) is 9.84 Å². The molecule has 5 nitrogen and oxygen atoms in total. The van der Waals surface area contributed by atoms with Gasteiger partial charge in [0.25, 0.3) is 0 Å². The van der Waals surface area contributed by atoms with E-state index in [1.807, 2.05) is 12.1 Å². The Bertz CT molecular complexity index is 525. The van der Waals surface area contributed by atoms with Crippen LogP contribution in [0.15, 0.2) is 29.8 Å². The molecule has 0 amide bonds. The average Bonchev–Trinajstić information content (AvgIpc) is 2.67. The normalized spacial score (nSPS) is 21.6. The van der Waals surface area contributed by atoms with E-state index in [1.54, 1.807) is 19.4 Å². The third-order valence-electron chi connectivity index (χ3n) is 2.51. The van der Waals surface area contributed by atoms with E-state index < -0.39 is 9.84 Å². The molecule has 1 aromatic rings. The molecule has 0 spiro atoms. The molecule has 0 radical (unpaired) electrons. The van der Waals surface area contributed by atoms with E-state index >= 15 is 0 Å². The number of methoxy groups -OCH3 is 1. The molecular formula is C11H14N2O3S. The number of hydrogen-bond acceptors (Lipinski definition) is 5. The third-order valence-corrected chi connectivity index (χ3v) is 3.90. The number of pyridine rings is 1. The molecule has 6 heteroatoms. The first-order chi connectivity index (χ1) is 8.09. The van der Waals surface area contributed by atoms with Crippen LogP contribution in [-0.4, -0.2) is 32.3 Å². The first kappa shape index (κ1) is 12.1. The molecule has 1 aliphatic rings. The molecule has 0 saturated heterocycles. The van der Waals surface area contributed by atoms with Crippen LogP contribution in [0.3, 0.4) is 0 Å². The standard InChI is InChI=1S/C11H14N2O3S/c1-16-11-6-9(2-4-12-11)7-13-10-3-5-17(14,15)8-10/h2-6,10,13H,7-8H2,1H3/t10-/m1/s1. The van der Waals surface area contributed by atoms with Gasteiger partial charge in [-0.3, -0.25) is 0 Å². The lowest BCUT2D eigenvalue weighted by molar-refractivity contribution is 0.397. The summed E-state index contributed by atoms with van der Waals surface area (Å²) in [6, 6.07) is 3.57. The van der Waals surface area contributed by atoms with Crippen LogP contribution in [0, 0.1) is 0 Å². The Morgan fingerprint density at radius 2 is 2.41 bits per heavy atom. The van der Waals surface area contributed by atoms with E-state index in [9.17, 15) is 8.42 Å². The van der Waals surface area contributed by atoms with Crippen molar-refractivity contribution in [2.45, 2.75) is 12.6 Å². The molecular weight excluding hydrogens is 240 g/mol. The summed E-state index contributed by atoms with van der Waals surface area (Å²) in [5.41, 5.74) is 1.01. The zero-order valence-electron chi connectivity index (χ0n) is 9.46. The molecule has 0 saturated carbocycles. The van der Waals surface area contributed by atoms with E-state index in [1.165, 1.54) is 5.41 Å². The highest BCUT2D eigenvalue weighted by atomic mass is 32.2. The fourth-order valence-corrected chi connectivity index (χ4v) is 2.89. The Morgan fingerprint density at radius 3 is 3.06 bits per heavy atom. The van der Waals surface area contributed by atoms with Crippen molar-refractivity contribution in [2.75, 3.05) is 12.9 Å². The Morgan fingerprint density at radius 1 is 1.59 bits per heavy atom. The lowest BCUT2D eigenvalue weighted by Crippen LogP contribution is -2.29. The number of ether oxygens (including phenoxy) is 1. The van der Waals surface area contributed by atoms with Crippen LogP contribution in [0.25, 0.3) is 0 Å². The van der Waals surface area contributed by atoms with Crippen LogP contribution in [0.4, 0.5) is 0 Å². The van der Waals surface area contributed by atoms with Crippen LogP contribution < -0.4 is 10.1 Å². The van der Waals surface area contributed by atoms with Crippen LogP contribution in [0.5, 0.6) is 5.88 Å². The van der Waals surface area contributed by atoms with Crippen molar-refractivity contribution in [3.8, 4) is 5.88 Å². The van der Waals surface area contributed by atoms with Crippen molar-refractivity contribution in [1.82, 2.24) is 10.3 Å². The van der Waals surface area contributed by atoms with Gasteiger partial charge >= 0.3 is 0 Å². The topological polar surface area (TPSA) is 68.3 Å². The third kappa shape index (κ3) is 3.28. The van der Waals surface area contributed by atoms with Crippen molar-refractivity contribution in [1.29, 1.82) is 0 Å². The highest BCUT2D eigenvalue weighted by Crippen LogP contribution is 2.11. The van der Waals surface area contributed by atoms with Crippen LogP contribution in [0.1, 0.15) is 5.56 Å². The number of rotatable bonds is 4. The van der Waals surface area contributed by atoms with Gasteiger partial charge in [0, 0.05) is 30.3 Å². The SMILES string of the molecule is COc1cc(CN[C@@H]2C=CS(=O)(=O)C2)ccn1. The Kier molecular flexibility index (Phi) is 3.44. The second-order valence-electron chi connectivity index (χ2n) is 3.85. The molecule has 92 valence electrons. The van der Waals surface area contributed by atoms with Gasteiger partial charge < -0.3 is 10.1 Å². The Labute approximate surface area is 100 Å². The molecule has 0 bridgehead atoms. The van der Waals surface area contributed by atoms with Crippen molar-refractivity contribution >= 4 is 9.84 Å². The maximum absolute atomic E-state index is 11.2. The minimum atomic E-state index is -2.99. The van der Waals surface area contributed by atoms with Crippen LogP contribution >= 0.6 is 0 Å². The molecule has 17 heavy (non-hydrogen) atoms. The van der Waals surface area contributed by atoms with Gasteiger partial charge in [0.2, 0.25) is 5.88 Å². The molecule has 1 aromatic heterocycles. The highest BCUT2D eigenvalue weighted by Gasteiger charge is 2.20. The van der Waals surface area contributed by atoms with Gasteiger partial charge in [-0.2, -0.15) is 0 Å². The van der Waals surface area contributed by atoms with Crippen molar-refractivity contribution in [3.05, 3.63) is 35.4 Å². The summed E-state index contributed by atoms with van der Waals surface area (Å²) in [7, 11) is -1.43. The second kappa shape index (κ2) is 4.85. The molecule has 0 fully saturated rings. The maximum Gasteiger partial charge on any atom is 0.213 e. The minimum Gasteiger partial charge on any atom is -0.481 e. The number of aromatic nitrogens is 1. The largest absolute Gasteiger partial charge is 0.481 e. The summed E-state index contributed by atoms with van der Waals surface area (Å²) in [6.07, 6.45) is 3.34.